The lowest BCUT2D eigenvalue weighted by Crippen LogP contribution is -2.45. The molecule has 0 unspecified atom stereocenters. The zero-order valence-electron chi connectivity index (χ0n) is 18.9. The van der Waals surface area contributed by atoms with Crippen molar-refractivity contribution in [3.63, 3.8) is 0 Å². The maximum absolute atomic E-state index is 12.9. The number of rotatable bonds is 6. The lowest BCUT2D eigenvalue weighted by molar-refractivity contribution is 0.102. The molecule has 4 aromatic rings. The van der Waals surface area contributed by atoms with Crippen LogP contribution in [-0.2, 0) is 6.54 Å². The van der Waals surface area contributed by atoms with E-state index in [1.165, 1.54) is 5.56 Å². The standard InChI is InChI=1S/C27H27N5OS/c28-24-10-7-22(26-4-2-16-34-26)17-25(24)30-27(33)21-5-8-23(9-6-21)32-14-12-31(13-15-32)19-20-3-1-11-29-18-20/h1-11,16-18H,12-15,19,28H2,(H,30,33). The molecule has 0 bridgehead atoms. The summed E-state index contributed by atoms with van der Waals surface area (Å²) < 4.78 is 0. The molecular weight excluding hydrogens is 442 g/mol. The molecule has 3 heterocycles. The lowest BCUT2D eigenvalue weighted by atomic mass is 10.1. The highest BCUT2D eigenvalue weighted by Gasteiger charge is 2.18. The van der Waals surface area contributed by atoms with Crippen LogP contribution in [0.5, 0.6) is 0 Å². The molecule has 2 aromatic carbocycles. The predicted molar refractivity (Wildman–Crippen MR) is 140 cm³/mol. The molecule has 1 amide bonds. The van der Waals surface area contributed by atoms with E-state index >= 15 is 0 Å². The Kier molecular flexibility index (Phi) is 6.56. The molecule has 1 saturated heterocycles. The van der Waals surface area contributed by atoms with E-state index in [1.54, 1.807) is 11.3 Å². The summed E-state index contributed by atoms with van der Waals surface area (Å²) in [5.41, 5.74) is 11.3. The highest BCUT2D eigenvalue weighted by atomic mass is 32.1. The molecule has 6 nitrogen and oxygen atoms in total. The fraction of sp³-hybridized carbons (Fsp3) is 0.185. The number of nitrogens with one attached hydrogen (secondary N) is 1. The highest BCUT2D eigenvalue weighted by Crippen LogP contribution is 2.30. The third-order valence-corrected chi connectivity index (χ3v) is 7.02. The van der Waals surface area contributed by atoms with Crippen LogP contribution in [0, 0.1) is 0 Å². The average molecular weight is 470 g/mol. The van der Waals surface area contributed by atoms with Gasteiger partial charge in [0.15, 0.2) is 0 Å². The van der Waals surface area contributed by atoms with E-state index in [1.807, 2.05) is 72.4 Å². The van der Waals surface area contributed by atoms with Crippen molar-refractivity contribution >= 4 is 34.3 Å². The van der Waals surface area contributed by atoms with Crippen LogP contribution in [0.4, 0.5) is 17.1 Å². The number of piperazine rings is 1. The Balaban J connectivity index is 1.19. The summed E-state index contributed by atoms with van der Waals surface area (Å²) in [6.07, 6.45) is 3.74. The Morgan fingerprint density at radius 2 is 1.82 bits per heavy atom. The Labute approximate surface area is 203 Å². The Bertz CT molecular complexity index is 1230. The molecule has 5 rings (SSSR count). The first-order valence-electron chi connectivity index (χ1n) is 11.4. The van der Waals surface area contributed by atoms with Gasteiger partial charge in [-0.3, -0.25) is 14.7 Å². The molecule has 1 fully saturated rings. The van der Waals surface area contributed by atoms with Crippen LogP contribution in [0.1, 0.15) is 15.9 Å². The van der Waals surface area contributed by atoms with Gasteiger partial charge in [0.05, 0.1) is 11.4 Å². The number of benzene rings is 2. The SMILES string of the molecule is Nc1ccc(-c2cccs2)cc1NC(=O)c1ccc(N2CCN(Cc3cccnc3)CC2)cc1. The van der Waals surface area contributed by atoms with Crippen LogP contribution >= 0.6 is 11.3 Å². The summed E-state index contributed by atoms with van der Waals surface area (Å²) >= 11 is 1.66. The molecule has 172 valence electrons. The van der Waals surface area contributed by atoms with E-state index in [9.17, 15) is 4.79 Å². The number of nitrogens with zero attached hydrogens (tertiary/aromatic N) is 3. The molecule has 1 aliphatic heterocycles. The number of hydrogen-bond acceptors (Lipinski definition) is 6. The highest BCUT2D eigenvalue weighted by molar-refractivity contribution is 7.13. The molecule has 34 heavy (non-hydrogen) atoms. The molecule has 7 heteroatoms. The summed E-state index contributed by atoms with van der Waals surface area (Å²) in [6, 6.07) is 21.7. The Hall–Kier alpha value is -3.68. The summed E-state index contributed by atoms with van der Waals surface area (Å²) in [5.74, 6) is -0.164. The Morgan fingerprint density at radius 1 is 1.00 bits per heavy atom. The Morgan fingerprint density at radius 3 is 2.53 bits per heavy atom. The summed E-state index contributed by atoms with van der Waals surface area (Å²) in [5, 5.41) is 5.01. The molecule has 3 N–H and O–H groups in total. The van der Waals surface area contributed by atoms with Gasteiger partial charge in [0.2, 0.25) is 0 Å². The molecule has 0 atom stereocenters. The van der Waals surface area contributed by atoms with E-state index in [0.29, 0.717) is 16.9 Å². The number of carbonyl (C=O) groups excluding carboxylic acids is 1. The van der Waals surface area contributed by atoms with Crippen LogP contribution in [0.15, 0.2) is 84.5 Å². The summed E-state index contributed by atoms with van der Waals surface area (Å²) in [7, 11) is 0. The van der Waals surface area contributed by atoms with Gasteiger partial charge in [-0.05, 0) is 65.0 Å². The quantitative estimate of drug-likeness (QED) is 0.390. The van der Waals surface area contributed by atoms with E-state index in [2.05, 4.69) is 32.2 Å². The van der Waals surface area contributed by atoms with Crippen molar-refractivity contribution in [1.29, 1.82) is 0 Å². The van der Waals surface area contributed by atoms with Crippen molar-refractivity contribution in [3.8, 4) is 10.4 Å². The maximum atomic E-state index is 12.9. The van der Waals surface area contributed by atoms with Crippen molar-refractivity contribution in [1.82, 2.24) is 9.88 Å². The van der Waals surface area contributed by atoms with Crippen LogP contribution in [-0.4, -0.2) is 42.0 Å². The molecule has 0 aliphatic carbocycles. The molecular formula is C27H27N5OS. The van der Waals surface area contributed by atoms with Crippen LogP contribution in [0.2, 0.25) is 0 Å². The minimum atomic E-state index is -0.164. The number of nitrogens with two attached hydrogens (primary N) is 1. The van der Waals surface area contributed by atoms with Crippen molar-refractivity contribution in [2.45, 2.75) is 6.54 Å². The normalized spacial score (nSPS) is 14.2. The van der Waals surface area contributed by atoms with Crippen molar-refractivity contribution in [3.05, 3.63) is 95.6 Å². The van der Waals surface area contributed by atoms with Crippen LogP contribution < -0.4 is 16.0 Å². The number of pyridine rings is 1. The van der Waals surface area contributed by atoms with Crippen LogP contribution in [0.25, 0.3) is 10.4 Å². The maximum Gasteiger partial charge on any atom is 0.255 e. The number of aromatic nitrogens is 1. The van der Waals surface area contributed by atoms with Gasteiger partial charge >= 0.3 is 0 Å². The number of hydrogen-bond donors (Lipinski definition) is 2. The largest absolute Gasteiger partial charge is 0.397 e. The van der Waals surface area contributed by atoms with E-state index in [0.717, 1.165) is 48.9 Å². The van der Waals surface area contributed by atoms with Gasteiger partial charge in [-0.25, -0.2) is 0 Å². The van der Waals surface area contributed by atoms with Gasteiger partial charge in [0.1, 0.15) is 0 Å². The number of nitrogen functional groups attached to an aromatic ring is 1. The van der Waals surface area contributed by atoms with Crippen molar-refractivity contribution in [2.24, 2.45) is 0 Å². The predicted octanol–water partition coefficient (Wildman–Crippen LogP) is 4.97. The van der Waals surface area contributed by atoms with Crippen LogP contribution in [0.3, 0.4) is 0 Å². The number of thiophene rings is 1. The second-order valence-corrected chi connectivity index (χ2v) is 9.35. The lowest BCUT2D eigenvalue weighted by Gasteiger charge is -2.36. The first-order chi connectivity index (χ1) is 16.7. The third-order valence-electron chi connectivity index (χ3n) is 6.10. The van der Waals surface area contributed by atoms with Gasteiger partial charge in [0.25, 0.3) is 5.91 Å². The molecule has 0 radical (unpaired) electrons. The summed E-state index contributed by atoms with van der Waals surface area (Å²) in [4.78, 5) is 23.0. The van der Waals surface area contributed by atoms with Crippen molar-refractivity contribution in [2.75, 3.05) is 42.1 Å². The van der Waals surface area contributed by atoms with Gasteiger partial charge in [-0.15, -0.1) is 11.3 Å². The van der Waals surface area contributed by atoms with Gasteiger partial charge in [-0.1, -0.05) is 18.2 Å². The first kappa shape index (κ1) is 22.1. The second-order valence-electron chi connectivity index (χ2n) is 8.40. The zero-order valence-corrected chi connectivity index (χ0v) is 19.7. The fourth-order valence-corrected chi connectivity index (χ4v) is 4.92. The average Bonchev–Trinajstić information content (AvgIpc) is 3.42. The minimum Gasteiger partial charge on any atom is -0.397 e. The second kappa shape index (κ2) is 10.1. The van der Waals surface area contributed by atoms with Gasteiger partial charge in [0, 0.05) is 61.2 Å². The number of anilines is 3. The first-order valence-corrected chi connectivity index (χ1v) is 12.2. The van der Waals surface area contributed by atoms with Gasteiger partial charge < -0.3 is 16.0 Å². The third kappa shape index (κ3) is 5.11. The fourth-order valence-electron chi connectivity index (χ4n) is 4.19. The van der Waals surface area contributed by atoms with E-state index < -0.39 is 0 Å². The minimum absolute atomic E-state index is 0.164. The molecule has 0 saturated carbocycles. The molecule has 2 aromatic heterocycles. The van der Waals surface area contributed by atoms with E-state index in [4.69, 9.17) is 5.73 Å². The molecule has 1 aliphatic rings. The number of amides is 1. The monoisotopic (exact) mass is 469 g/mol. The molecule has 0 spiro atoms. The van der Waals surface area contributed by atoms with E-state index in [-0.39, 0.29) is 5.91 Å². The van der Waals surface area contributed by atoms with Gasteiger partial charge in [-0.2, -0.15) is 0 Å². The van der Waals surface area contributed by atoms with Crippen molar-refractivity contribution < 1.29 is 4.79 Å². The topological polar surface area (TPSA) is 74.5 Å². The smallest absolute Gasteiger partial charge is 0.255 e. The number of carbonyl (C=O) groups is 1. The summed E-state index contributed by atoms with van der Waals surface area (Å²) in [6.45, 7) is 4.83. The zero-order chi connectivity index (χ0) is 23.3.